The quantitative estimate of drug-likeness (QED) is 0.110. The van der Waals surface area contributed by atoms with Gasteiger partial charge in [0.05, 0.1) is 32.1 Å². The number of rotatable bonds is 13. The van der Waals surface area contributed by atoms with Crippen LogP contribution in [0.4, 0.5) is 0 Å². The summed E-state index contributed by atoms with van der Waals surface area (Å²) in [6.07, 6.45) is 4.21. The number of carbonyl (C=O) groups is 1. The van der Waals surface area contributed by atoms with Gasteiger partial charge in [0.1, 0.15) is 5.76 Å². The molecule has 4 heterocycles. The number of benzene rings is 1. The molecule has 1 aromatic carbocycles. The first-order chi connectivity index (χ1) is 19.7. The monoisotopic (exact) mass is 618 g/mol. The molecule has 1 aliphatic rings. The Morgan fingerprint density at radius 2 is 1.80 bits per heavy atom. The van der Waals surface area contributed by atoms with Crippen molar-refractivity contribution in [1.29, 1.82) is 0 Å². The Bertz CT molecular complexity index is 1600. The van der Waals surface area contributed by atoms with Crippen LogP contribution >= 0.6 is 26.5 Å². The number of aromatic nitrogens is 2. The summed E-state index contributed by atoms with van der Waals surface area (Å²) in [5, 5.41) is -0.226. The molecule has 1 saturated heterocycles. The van der Waals surface area contributed by atoms with Crippen molar-refractivity contribution in [3.63, 3.8) is 0 Å². The lowest BCUT2D eigenvalue weighted by molar-refractivity contribution is 0.0982. The first-order valence-electron chi connectivity index (χ1n) is 13.4. The molecular weight excluding hydrogens is 586 g/mol. The topological polar surface area (TPSA) is 127 Å². The van der Waals surface area contributed by atoms with E-state index >= 15 is 0 Å². The minimum absolute atomic E-state index is 0.0141. The van der Waals surface area contributed by atoms with Crippen molar-refractivity contribution in [3.8, 4) is 11.5 Å². The van der Waals surface area contributed by atoms with Gasteiger partial charge in [0.15, 0.2) is 11.2 Å². The van der Waals surface area contributed by atoms with Crippen LogP contribution in [0.3, 0.4) is 0 Å². The molecule has 3 aromatic heterocycles. The van der Waals surface area contributed by atoms with Crippen molar-refractivity contribution in [1.82, 2.24) is 9.97 Å². The second kappa shape index (κ2) is 12.8. The molecule has 1 unspecified atom stereocenters. The first kappa shape index (κ1) is 30.0. The molecular formula is C28H32N2O8P2S. The number of fused-ring (bicyclic) bond motifs is 1. The summed E-state index contributed by atoms with van der Waals surface area (Å²) in [6, 6.07) is 11.1. The molecule has 1 atom stereocenters. The van der Waals surface area contributed by atoms with E-state index in [2.05, 4.69) is 9.97 Å². The smallest absolute Gasteiger partial charge is 0.346 e. The van der Waals surface area contributed by atoms with Crippen molar-refractivity contribution in [3.05, 3.63) is 70.7 Å². The summed E-state index contributed by atoms with van der Waals surface area (Å²) < 4.78 is 56.1. The highest BCUT2D eigenvalue weighted by Crippen LogP contribution is 2.72. The number of hydrogen-bond acceptors (Lipinski definition) is 11. The zero-order valence-electron chi connectivity index (χ0n) is 23.1. The van der Waals surface area contributed by atoms with Crippen LogP contribution in [0.1, 0.15) is 47.0 Å². The summed E-state index contributed by atoms with van der Waals surface area (Å²) in [5.74, 6) is 1.18. The minimum Gasteiger partial charge on any atom is -0.441 e. The molecule has 5 rings (SSSR count). The molecule has 13 heteroatoms. The van der Waals surface area contributed by atoms with Crippen molar-refractivity contribution in [2.24, 2.45) is 0 Å². The molecule has 0 N–H and O–H groups in total. The van der Waals surface area contributed by atoms with Gasteiger partial charge in [-0.25, -0.2) is 4.98 Å². The van der Waals surface area contributed by atoms with Gasteiger partial charge in [-0.05, 0) is 62.6 Å². The van der Waals surface area contributed by atoms with Crippen LogP contribution in [0.15, 0.2) is 53.2 Å². The Labute approximate surface area is 242 Å². The molecule has 0 amide bonds. The number of hydrogen-bond donors (Lipinski definition) is 0. The third-order valence-corrected chi connectivity index (χ3v) is 13.6. The summed E-state index contributed by atoms with van der Waals surface area (Å²) in [6.45, 7) is 5.82. The number of thiophene rings is 1. The van der Waals surface area contributed by atoms with Crippen molar-refractivity contribution in [2.45, 2.75) is 45.4 Å². The van der Waals surface area contributed by atoms with Crippen molar-refractivity contribution >= 4 is 42.4 Å². The van der Waals surface area contributed by atoms with E-state index in [-0.39, 0.29) is 45.1 Å². The highest BCUT2D eigenvalue weighted by Gasteiger charge is 2.52. The molecule has 4 aromatic rings. The lowest BCUT2D eigenvalue weighted by atomic mass is 10.0. The summed E-state index contributed by atoms with van der Waals surface area (Å²) in [7, 11) is -7.55. The number of oxazole rings is 1. The normalized spacial score (nSPS) is 15.9. The molecule has 41 heavy (non-hydrogen) atoms. The standard InChI is InChI=1S/C28H32N2O8P2S/c1-4-34-39(32,35-5-2)27(40(33)36-14-15-37-40)18-23-17-22-16-21(6-9-26(22)41-23)25(31)8-7-24-19(3)38-28(30-24)20-10-12-29-13-11-20/h6,9-13,16-17,27H,4-5,7-8,14-15,18H2,1-3H3. The average Bonchev–Trinajstić information content (AvgIpc) is 3.69. The second-order valence-electron chi connectivity index (χ2n) is 9.41. The van der Waals surface area contributed by atoms with Crippen LogP contribution in [-0.4, -0.2) is 47.6 Å². The molecule has 1 aliphatic heterocycles. The molecule has 0 spiro atoms. The van der Waals surface area contributed by atoms with Gasteiger partial charge in [0.25, 0.3) is 0 Å². The fourth-order valence-corrected chi connectivity index (χ4v) is 11.3. The lowest BCUT2D eigenvalue weighted by Gasteiger charge is -2.28. The molecule has 218 valence electrons. The van der Waals surface area contributed by atoms with E-state index in [0.29, 0.717) is 23.6 Å². The number of pyridine rings is 1. The SMILES string of the molecule is CCOP(=O)(OCC)C(Cc1cc2cc(C(=O)CCc3nc(-c4ccncc4)oc3C)ccc2s1)P1(=O)OCCO1. The number of aryl methyl sites for hydroxylation is 2. The second-order valence-corrected chi connectivity index (χ2v) is 15.4. The van der Waals surface area contributed by atoms with Gasteiger partial charge in [-0.2, -0.15) is 0 Å². The number of Topliss-reactive ketones (excluding diaryl/α,β-unsaturated/α-hetero) is 1. The van der Waals surface area contributed by atoms with Crippen molar-refractivity contribution < 1.29 is 36.4 Å². The van der Waals surface area contributed by atoms with E-state index in [1.54, 1.807) is 32.3 Å². The fraction of sp³-hybridized carbons (Fsp3) is 0.393. The van der Waals surface area contributed by atoms with Gasteiger partial charge in [0, 0.05) is 52.4 Å². The fourth-order valence-electron chi connectivity index (χ4n) is 4.71. The zero-order valence-corrected chi connectivity index (χ0v) is 25.7. The number of ketones is 1. The largest absolute Gasteiger partial charge is 0.441 e. The van der Waals surface area contributed by atoms with E-state index in [0.717, 1.165) is 26.2 Å². The van der Waals surface area contributed by atoms with Crippen LogP contribution < -0.4 is 0 Å². The number of carbonyl (C=O) groups excluding carboxylic acids is 1. The van der Waals surface area contributed by atoms with E-state index < -0.39 is 20.6 Å². The van der Waals surface area contributed by atoms with E-state index in [1.807, 2.05) is 37.3 Å². The third kappa shape index (κ3) is 6.62. The number of nitrogens with zero attached hydrogens (tertiary/aromatic N) is 2. The minimum atomic E-state index is -3.82. The van der Waals surface area contributed by atoms with Gasteiger partial charge in [0.2, 0.25) is 5.89 Å². The maximum absolute atomic E-state index is 13.7. The molecule has 0 saturated carbocycles. The van der Waals surface area contributed by atoms with Crippen molar-refractivity contribution in [2.75, 3.05) is 26.4 Å². The van der Waals surface area contributed by atoms with Crippen LogP contribution in [-0.2, 0) is 40.1 Å². The molecule has 0 aliphatic carbocycles. The molecule has 10 nitrogen and oxygen atoms in total. The summed E-state index contributed by atoms with van der Waals surface area (Å²) in [4.78, 5) is 22.5. The van der Waals surface area contributed by atoms with E-state index in [4.69, 9.17) is 22.5 Å². The van der Waals surface area contributed by atoms with Gasteiger partial charge in [-0.15, -0.1) is 11.3 Å². The molecule has 0 radical (unpaired) electrons. The predicted octanol–water partition coefficient (Wildman–Crippen LogP) is 7.45. The van der Waals surface area contributed by atoms with Crippen LogP contribution in [0.5, 0.6) is 0 Å². The summed E-state index contributed by atoms with van der Waals surface area (Å²) >= 11 is 1.47. The highest BCUT2D eigenvalue weighted by molar-refractivity contribution is 7.72. The van der Waals surface area contributed by atoms with Crippen LogP contribution in [0, 0.1) is 6.92 Å². The zero-order chi connectivity index (χ0) is 29.0. The van der Waals surface area contributed by atoms with Gasteiger partial charge in [-0.3, -0.25) is 18.9 Å². The molecule has 0 bridgehead atoms. The van der Waals surface area contributed by atoms with Gasteiger partial charge >= 0.3 is 15.2 Å². The van der Waals surface area contributed by atoms with Gasteiger partial charge < -0.3 is 22.5 Å². The molecule has 1 fully saturated rings. The van der Waals surface area contributed by atoms with Crippen LogP contribution in [0.25, 0.3) is 21.5 Å². The Balaban J connectivity index is 1.33. The first-order valence-corrected chi connectivity index (χ1v) is 17.5. The maximum atomic E-state index is 13.7. The lowest BCUT2D eigenvalue weighted by Crippen LogP contribution is -2.17. The summed E-state index contributed by atoms with van der Waals surface area (Å²) in [5.41, 5.74) is 2.16. The highest BCUT2D eigenvalue weighted by atomic mass is 32.1. The average molecular weight is 619 g/mol. The van der Waals surface area contributed by atoms with E-state index in [1.165, 1.54) is 11.3 Å². The Morgan fingerprint density at radius 1 is 1.10 bits per heavy atom. The Kier molecular flexibility index (Phi) is 9.36. The van der Waals surface area contributed by atoms with E-state index in [9.17, 15) is 13.9 Å². The Morgan fingerprint density at radius 3 is 2.49 bits per heavy atom. The van der Waals surface area contributed by atoms with Gasteiger partial charge in [-0.1, -0.05) is 0 Å². The maximum Gasteiger partial charge on any atom is 0.346 e. The van der Waals surface area contributed by atoms with Crippen LogP contribution in [0.2, 0.25) is 0 Å². The Hall–Kier alpha value is -2.49. The third-order valence-electron chi connectivity index (χ3n) is 6.66. The predicted molar refractivity (Wildman–Crippen MR) is 157 cm³/mol.